The number of carbonyl (C=O) groups excluding carboxylic acids is 2. The summed E-state index contributed by atoms with van der Waals surface area (Å²) in [5.41, 5.74) is 0.629. The van der Waals surface area contributed by atoms with Crippen molar-refractivity contribution in [2.24, 2.45) is 4.40 Å². The van der Waals surface area contributed by atoms with Gasteiger partial charge in [0.05, 0.1) is 11.3 Å². The van der Waals surface area contributed by atoms with E-state index < -0.39 is 28.0 Å². The molecule has 1 N–H and O–H groups in total. The zero-order valence-corrected chi connectivity index (χ0v) is 17.2. The lowest BCUT2D eigenvalue weighted by molar-refractivity contribution is -0.150. The lowest BCUT2D eigenvalue weighted by Crippen LogP contribution is -2.37. The van der Waals surface area contributed by atoms with Crippen LogP contribution in [0.3, 0.4) is 0 Å². The molecule has 2 aromatic rings. The normalized spacial score (nSPS) is 17.8. The summed E-state index contributed by atoms with van der Waals surface area (Å²) in [7, 11) is -3.50. The van der Waals surface area contributed by atoms with Crippen LogP contribution in [0.15, 0.2) is 69.2 Å². The number of anilines is 1. The van der Waals surface area contributed by atoms with Crippen molar-refractivity contribution in [3.8, 4) is 0 Å². The van der Waals surface area contributed by atoms with Crippen molar-refractivity contribution in [3.05, 3.63) is 71.6 Å². The fourth-order valence-corrected chi connectivity index (χ4v) is 3.98. The van der Waals surface area contributed by atoms with Crippen molar-refractivity contribution in [1.29, 1.82) is 0 Å². The summed E-state index contributed by atoms with van der Waals surface area (Å²) in [6.07, 6.45) is 3.04. The number of amides is 1. The molecular weight excluding hydrogens is 424 g/mol. The highest BCUT2D eigenvalue weighted by atomic mass is 32.2. The van der Waals surface area contributed by atoms with Gasteiger partial charge in [-0.1, -0.05) is 35.5 Å². The van der Waals surface area contributed by atoms with Gasteiger partial charge in [-0.3, -0.25) is 4.79 Å². The SMILES string of the molecule is Cc1cc(NC(=O)C(OC(=O)C2=CN3CCS(=O)(=O)N=C3C=C2)c2ccccc2)no1. The van der Waals surface area contributed by atoms with E-state index in [-0.39, 0.29) is 29.5 Å². The number of rotatable bonds is 5. The van der Waals surface area contributed by atoms with Gasteiger partial charge in [0.1, 0.15) is 11.6 Å². The molecule has 3 heterocycles. The van der Waals surface area contributed by atoms with Crippen molar-refractivity contribution in [2.75, 3.05) is 17.6 Å². The number of fused-ring (bicyclic) bond motifs is 1. The van der Waals surface area contributed by atoms with Crippen LogP contribution >= 0.6 is 0 Å². The molecule has 0 spiro atoms. The Morgan fingerprint density at radius 2 is 2.00 bits per heavy atom. The highest BCUT2D eigenvalue weighted by Gasteiger charge is 2.29. The van der Waals surface area contributed by atoms with E-state index in [2.05, 4.69) is 14.9 Å². The van der Waals surface area contributed by atoms with E-state index in [0.717, 1.165) is 0 Å². The Hall–Kier alpha value is -3.73. The number of ether oxygens (including phenoxy) is 1. The van der Waals surface area contributed by atoms with Gasteiger partial charge in [0.25, 0.3) is 15.9 Å². The van der Waals surface area contributed by atoms with E-state index in [1.165, 1.54) is 18.4 Å². The summed E-state index contributed by atoms with van der Waals surface area (Å²) in [6, 6.07) is 10.1. The van der Waals surface area contributed by atoms with Gasteiger partial charge in [-0.25, -0.2) is 13.2 Å². The Balaban J connectivity index is 1.54. The zero-order chi connectivity index (χ0) is 22.0. The van der Waals surface area contributed by atoms with Gasteiger partial charge in [-0.15, -0.1) is 4.40 Å². The van der Waals surface area contributed by atoms with Crippen LogP contribution in [-0.4, -0.2) is 48.5 Å². The minimum atomic E-state index is -3.50. The van der Waals surface area contributed by atoms with Crippen LogP contribution in [-0.2, 0) is 24.3 Å². The Morgan fingerprint density at radius 1 is 1.23 bits per heavy atom. The predicted molar refractivity (Wildman–Crippen MR) is 110 cm³/mol. The van der Waals surface area contributed by atoms with Crippen LogP contribution in [0.4, 0.5) is 5.82 Å². The molecule has 1 atom stereocenters. The lowest BCUT2D eigenvalue weighted by atomic mass is 10.1. The molecule has 0 bridgehead atoms. The van der Waals surface area contributed by atoms with Crippen LogP contribution in [0, 0.1) is 6.92 Å². The number of benzene rings is 1. The lowest BCUT2D eigenvalue weighted by Gasteiger charge is -2.27. The standard InChI is InChI=1S/C20H18N4O6S/c1-13-11-16(22-30-13)21-19(25)18(14-5-3-2-4-6-14)29-20(26)15-7-8-17-23-31(27,28)10-9-24(17)12-15/h2-8,11-12,18H,9-10H2,1H3,(H,21,22,25). The molecule has 0 fully saturated rings. The Bertz CT molecular complexity index is 1210. The first-order chi connectivity index (χ1) is 14.8. The monoisotopic (exact) mass is 442 g/mol. The second-order valence-corrected chi connectivity index (χ2v) is 8.61. The quantitative estimate of drug-likeness (QED) is 0.693. The van der Waals surface area contributed by atoms with Crippen molar-refractivity contribution in [3.63, 3.8) is 0 Å². The molecule has 11 heteroatoms. The van der Waals surface area contributed by atoms with Gasteiger partial charge in [0.2, 0.25) is 6.10 Å². The van der Waals surface area contributed by atoms with E-state index in [9.17, 15) is 18.0 Å². The van der Waals surface area contributed by atoms with Gasteiger partial charge < -0.3 is 19.5 Å². The molecule has 0 saturated heterocycles. The molecule has 0 aliphatic carbocycles. The number of hydrogen-bond donors (Lipinski definition) is 1. The molecule has 2 aliphatic rings. The Labute approximate surface area is 177 Å². The predicted octanol–water partition coefficient (Wildman–Crippen LogP) is 1.70. The van der Waals surface area contributed by atoms with E-state index >= 15 is 0 Å². The fraction of sp³-hybridized carbons (Fsp3) is 0.200. The molecule has 1 aromatic carbocycles. The number of hydrogen-bond acceptors (Lipinski definition) is 8. The zero-order valence-electron chi connectivity index (χ0n) is 16.4. The number of sulfonamides is 1. The van der Waals surface area contributed by atoms with Crippen LogP contribution in [0.1, 0.15) is 17.4 Å². The molecule has 1 aromatic heterocycles. The number of aryl methyl sites for hydroxylation is 1. The minimum absolute atomic E-state index is 0.157. The van der Waals surface area contributed by atoms with Crippen LogP contribution in [0.25, 0.3) is 0 Å². The molecule has 2 aliphatic heterocycles. The van der Waals surface area contributed by atoms with Crippen molar-refractivity contribution in [2.45, 2.75) is 13.0 Å². The molecule has 0 saturated carbocycles. The molecule has 0 radical (unpaired) electrons. The Kier molecular flexibility index (Phi) is 5.42. The molecule has 10 nitrogen and oxygen atoms in total. The van der Waals surface area contributed by atoms with Crippen LogP contribution in [0.2, 0.25) is 0 Å². The second-order valence-electron chi connectivity index (χ2n) is 6.85. The van der Waals surface area contributed by atoms with Crippen LogP contribution < -0.4 is 5.32 Å². The summed E-state index contributed by atoms with van der Waals surface area (Å²) in [5, 5.41) is 6.29. The summed E-state index contributed by atoms with van der Waals surface area (Å²) in [4.78, 5) is 27.2. The second kappa shape index (κ2) is 8.19. The van der Waals surface area contributed by atoms with Gasteiger partial charge in [-0.05, 0) is 19.1 Å². The van der Waals surface area contributed by atoms with Gasteiger partial charge >= 0.3 is 5.97 Å². The summed E-state index contributed by atoms with van der Waals surface area (Å²) >= 11 is 0. The smallest absolute Gasteiger partial charge is 0.340 e. The molecule has 31 heavy (non-hydrogen) atoms. The van der Waals surface area contributed by atoms with Gasteiger partial charge in [0.15, 0.2) is 5.82 Å². The molecule has 1 unspecified atom stereocenters. The van der Waals surface area contributed by atoms with E-state index in [1.807, 2.05) is 0 Å². The topological polar surface area (TPSA) is 131 Å². The minimum Gasteiger partial charge on any atom is -0.444 e. The van der Waals surface area contributed by atoms with E-state index in [0.29, 0.717) is 11.3 Å². The molecule has 4 rings (SSSR count). The third-order valence-corrected chi connectivity index (χ3v) is 5.67. The molecule has 1 amide bonds. The van der Waals surface area contributed by atoms with E-state index in [4.69, 9.17) is 9.26 Å². The number of carbonyl (C=O) groups is 2. The maximum atomic E-state index is 12.8. The number of aromatic nitrogens is 1. The van der Waals surface area contributed by atoms with E-state index in [1.54, 1.807) is 48.2 Å². The maximum Gasteiger partial charge on any atom is 0.340 e. The van der Waals surface area contributed by atoms with Crippen molar-refractivity contribution < 1.29 is 27.3 Å². The number of nitrogens with one attached hydrogen (secondary N) is 1. The van der Waals surface area contributed by atoms with Gasteiger partial charge in [-0.2, -0.15) is 0 Å². The first-order valence-electron chi connectivity index (χ1n) is 9.30. The van der Waals surface area contributed by atoms with Gasteiger partial charge in [0, 0.05) is 24.4 Å². The number of nitrogens with zero attached hydrogens (tertiary/aromatic N) is 3. The third kappa shape index (κ3) is 4.72. The fourth-order valence-electron chi connectivity index (χ4n) is 3.01. The summed E-state index contributed by atoms with van der Waals surface area (Å²) in [5.74, 6) is -0.561. The Morgan fingerprint density at radius 3 is 2.71 bits per heavy atom. The number of amidine groups is 1. The average Bonchev–Trinajstić information content (AvgIpc) is 3.15. The first kappa shape index (κ1) is 20.5. The average molecular weight is 442 g/mol. The first-order valence-corrected chi connectivity index (χ1v) is 10.9. The molecule has 160 valence electrons. The third-order valence-electron chi connectivity index (χ3n) is 4.50. The van der Waals surface area contributed by atoms with Crippen LogP contribution in [0.5, 0.6) is 0 Å². The highest BCUT2D eigenvalue weighted by Crippen LogP contribution is 2.23. The van der Waals surface area contributed by atoms with Crippen molar-refractivity contribution in [1.82, 2.24) is 10.1 Å². The summed E-state index contributed by atoms with van der Waals surface area (Å²) in [6.45, 7) is 1.85. The van der Waals surface area contributed by atoms with Crippen molar-refractivity contribution >= 4 is 33.6 Å². The highest BCUT2D eigenvalue weighted by molar-refractivity contribution is 7.90. The number of esters is 1. The maximum absolute atomic E-state index is 12.8. The summed E-state index contributed by atoms with van der Waals surface area (Å²) < 4.78 is 37.4. The molecular formula is C20H18N4O6S. The largest absolute Gasteiger partial charge is 0.444 e.